The van der Waals surface area contributed by atoms with E-state index in [4.69, 9.17) is 0 Å². The van der Waals surface area contributed by atoms with E-state index in [0.29, 0.717) is 11.7 Å². The van der Waals surface area contributed by atoms with E-state index in [0.717, 1.165) is 4.48 Å². The first-order valence-corrected chi connectivity index (χ1v) is 5.51. The van der Waals surface area contributed by atoms with Gasteiger partial charge in [0.05, 0.1) is 17.3 Å². The van der Waals surface area contributed by atoms with Gasteiger partial charge in [-0.05, 0) is 0 Å². The van der Waals surface area contributed by atoms with Gasteiger partial charge in [-0.1, -0.05) is 22.5 Å². The molecule has 1 aromatic heterocycles. The van der Waals surface area contributed by atoms with Crippen LogP contribution in [0.2, 0.25) is 0 Å². The molecule has 1 heterocycles. The minimum absolute atomic E-state index is 0.468. The maximum absolute atomic E-state index is 11.1. The number of hydrogen-bond acceptors (Lipinski definition) is 3. The fourth-order valence-electron chi connectivity index (χ4n) is 0.760. The van der Waals surface area contributed by atoms with Gasteiger partial charge in [0.2, 0.25) is 5.16 Å². The Kier molecular flexibility index (Phi) is 3.16. The van der Waals surface area contributed by atoms with Gasteiger partial charge in [-0.2, -0.15) is 0 Å². The minimum Gasteiger partial charge on any atom is -0.302 e. The highest BCUT2D eigenvalue weighted by Crippen LogP contribution is 2.08. The summed E-state index contributed by atoms with van der Waals surface area (Å²) in [6.45, 7) is 4.22. The number of aromatic nitrogens is 3. The van der Waals surface area contributed by atoms with Gasteiger partial charge in [0.1, 0.15) is 6.33 Å². The van der Waals surface area contributed by atoms with Gasteiger partial charge in [-0.15, -0.1) is 10.2 Å². The van der Waals surface area contributed by atoms with Gasteiger partial charge in [0.25, 0.3) is 0 Å². The Morgan fingerprint density at radius 3 is 3.08 bits per heavy atom. The molecule has 0 radical (unpaired) electrons. The molecule has 0 aromatic carbocycles. The van der Waals surface area contributed by atoms with Crippen LogP contribution < -0.4 is 0 Å². The first-order chi connectivity index (χ1) is 5.61. The van der Waals surface area contributed by atoms with E-state index in [-0.39, 0.29) is 0 Å². The molecule has 0 bridgehead atoms. The van der Waals surface area contributed by atoms with Gasteiger partial charge in [-0.3, -0.25) is 4.21 Å². The monoisotopic (exact) mass is 249 g/mol. The number of halogens is 1. The Balaban J connectivity index is 2.91. The van der Waals surface area contributed by atoms with E-state index >= 15 is 0 Å². The van der Waals surface area contributed by atoms with Gasteiger partial charge in [0, 0.05) is 10.7 Å². The molecule has 0 amide bonds. The second-order valence-corrected chi connectivity index (χ2v) is 4.61. The molecule has 0 N–H and O–H groups in total. The molecule has 66 valence electrons. The van der Waals surface area contributed by atoms with E-state index < -0.39 is 10.8 Å². The third kappa shape index (κ3) is 2.25. The predicted molar refractivity (Wildman–Crippen MR) is 50.4 cm³/mol. The van der Waals surface area contributed by atoms with Gasteiger partial charge < -0.3 is 4.57 Å². The topological polar surface area (TPSA) is 47.8 Å². The van der Waals surface area contributed by atoms with Crippen molar-refractivity contribution >= 4 is 26.7 Å². The molecule has 0 aliphatic heterocycles. The Morgan fingerprint density at radius 2 is 2.58 bits per heavy atom. The maximum atomic E-state index is 11.1. The first-order valence-electron chi connectivity index (χ1n) is 3.15. The van der Waals surface area contributed by atoms with Crippen LogP contribution in [0.4, 0.5) is 0 Å². The normalized spacial score (nSPS) is 12.8. The molecule has 0 aliphatic carbocycles. The molecular weight excluding hydrogens is 242 g/mol. The molecule has 1 aromatic rings. The summed E-state index contributed by atoms with van der Waals surface area (Å²) in [5, 5.41) is 7.84. The van der Waals surface area contributed by atoms with Gasteiger partial charge in [-0.25, -0.2) is 0 Å². The summed E-state index contributed by atoms with van der Waals surface area (Å²) in [5.74, 6) is 0. The fraction of sp³-hybridized carbons (Fsp3) is 0.333. The highest BCUT2D eigenvalue weighted by atomic mass is 79.9. The van der Waals surface area contributed by atoms with Crippen molar-refractivity contribution in [2.24, 2.45) is 0 Å². The van der Waals surface area contributed by atoms with Crippen molar-refractivity contribution in [2.45, 2.75) is 11.7 Å². The minimum atomic E-state index is -1.10. The smallest absolute Gasteiger partial charge is 0.221 e. The van der Waals surface area contributed by atoms with E-state index in [2.05, 4.69) is 32.7 Å². The van der Waals surface area contributed by atoms with Crippen molar-refractivity contribution in [3.05, 3.63) is 17.4 Å². The molecule has 0 unspecified atom stereocenters. The van der Waals surface area contributed by atoms with Crippen LogP contribution in [-0.4, -0.2) is 25.2 Å². The molecule has 0 saturated heterocycles. The van der Waals surface area contributed by atoms with Crippen LogP contribution in [0.1, 0.15) is 0 Å². The maximum Gasteiger partial charge on any atom is 0.221 e. The molecule has 12 heavy (non-hydrogen) atoms. The summed E-state index contributed by atoms with van der Waals surface area (Å²) >= 11 is 3.21. The second kappa shape index (κ2) is 3.95. The lowest BCUT2D eigenvalue weighted by atomic mass is 10.6. The largest absolute Gasteiger partial charge is 0.302 e. The quantitative estimate of drug-likeness (QED) is 0.801. The second-order valence-electron chi connectivity index (χ2n) is 2.21. The van der Waals surface area contributed by atoms with Crippen molar-refractivity contribution in [2.75, 3.05) is 6.26 Å². The van der Waals surface area contributed by atoms with Crippen LogP contribution in [0.25, 0.3) is 0 Å². The van der Waals surface area contributed by atoms with Crippen molar-refractivity contribution in [3.8, 4) is 0 Å². The average Bonchev–Trinajstić information content (AvgIpc) is 2.33. The molecular formula is C6H8BrN3OS. The standard InChI is InChI=1S/C6H8BrN3OS/c1-5(7)3-10-4-8-9-6(10)12(2)11/h4H,1,3H2,2H3/t12-/m1/s1. The van der Waals surface area contributed by atoms with Crippen LogP contribution in [0, 0.1) is 0 Å². The molecule has 4 nitrogen and oxygen atoms in total. The average molecular weight is 250 g/mol. The molecule has 0 spiro atoms. The Morgan fingerprint density at radius 1 is 1.92 bits per heavy atom. The summed E-state index contributed by atoms with van der Waals surface area (Å²) in [7, 11) is -1.10. The van der Waals surface area contributed by atoms with Crippen LogP contribution in [0.3, 0.4) is 0 Å². The molecule has 0 saturated carbocycles. The highest BCUT2D eigenvalue weighted by molar-refractivity contribution is 9.11. The van der Waals surface area contributed by atoms with Crippen LogP contribution in [-0.2, 0) is 17.3 Å². The van der Waals surface area contributed by atoms with Crippen molar-refractivity contribution in [1.82, 2.24) is 14.8 Å². The van der Waals surface area contributed by atoms with E-state index in [1.807, 2.05) is 0 Å². The number of allylic oxidation sites excluding steroid dienone is 1. The number of nitrogens with zero attached hydrogens (tertiary/aromatic N) is 3. The SMILES string of the molecule is C=C(Br)Cn1cnnc1[S@@](C)=O. The predicted octanol–water partition coefficient (Wildman–Crippen LogP) is 0.924. The van der Waals surface area contributed by atoms with Crippen LogP contribution in [0.15, 0.2) is 22.5 Å². The summed E-state index contributed by atoms with van der Waals surface area (Å²) in [6, 6.07) is 0. The molecule has 0 fully saturated rings. The van der Waals surface area contributed by atoms with Crippen LogP contribution >= 0.6 is 15.9 Å². The summed E-state index contributed by atoms with van der Waals surface area (Å²) in [4.78, 5) is 0. The van der Waals surface area contributed by atoms with Crippen LogP contribution in [0.5, 0.6) is 0 Å². The highest BCUT2D eigenvalue weighted by Gasteiger charge is 2.07. The molecule has 0 aliphatic rings. The van der Waals surface area contributed by atoms with Gasteiger partial charge in [0.15, 0.2) is 0 Å². The fourth-order valence-corrected chi connectivity index (χ4v) is 1.63. The lowest BCUT2D eigenvalue weighted by Gasteiger charge is -2.01. The summed E-state index contributed by atoms with van der Waals surface area (Å²) in [5.41, 5.74) is 0. The van der Waals surface area contributed by atoms with Crippen molar-refractivity contribution in [3.63, 3.8) is 0 Å². The third-order valence-electron chi connectivity index (χ3n) is 1.18. The van der Waals surface area contributed by atoms with Gasteiger partial charge >= 0.3 is 0 Å². The number of rotatable bonds is 3. The molecule has 1 atom stereocenters. The molecule has 1 rings (SSSR count). The lowest BCUT2D eigenvalue weighted by molar-refractivity contribution is 0.656. The van der Waals surface area contributed by atoms with E-state index in [1.54, 1.807) is 10.8 Å². The lowest BCUT2D eigenvalue weighted by Crippen LogP contribution is -2.03. The molecule has 6 heteroatoms. The zero-order valence-electron chi connectivity index (χ0n) is 6.53. The summed E-state index contributed by atoms with van der Waals surface area (Å²) in [6.07, 6.45) is 3.10. The zero-order valence-corrected chi connectivity index (χ0v) is 8.93. The zero-order chi connectivity index (χ0) is 9.14. The van der Waals surface area contributed by atoms with E-state index in [9.17, 15) is 4.21 Å². The Bertz CT molecular complexity index is 322. The Hall–Kier alpha value is -0.490. The van der Waals surface area contributed by atoms with Crippen molar-refractivity contribution in [1.29, 1.82) is 0 Å². The number of hydrogen-bond donors (Lipinski definition) is 0. The Labute approximate surface area is 81.3 Å². The van der Waals surface area contributed by atoms with Crippen molar-refractivity contribution < 1.29 is 4.21 Å². The first kappa shape index (κ1) is 9.60. The summed E-state index contributed by atoms with van der Waals surface area (Å²) < 4.78 is 13.5. The third-order valence-corrected chi connectivity index (χ3v) is 2.26. The van der Waals surface area contributed by atoms with E-state index in [1.165, 1.54) is 6.33 Å².